The van der Waals surface area contributed by atoms with E-state index in [1.807, 2.05) is 31.2 Å². The molecule has 6 heteroatoms. The van der Waals surface area contributed by atoms with Gasteiger partial charge in [0.05, 0.1) is 10.0 Å². The normalized spacial score (nSPS) is 11.7. The lowest BCUT2D eigenvalue weighted by molar-refractivity contribution is 0.318. The minimum Gasteiger partial charge on any atom is -0.409 e. The molecule has 0 radical (unpaired) electrons. The van der Waals surface area contributed by atoms with Crippen LogP contribution in [0.2, 0.25) is 10.0 Å². The summed E-state index contributed by atoms with van der Waals surface area (Å²) in [4.78, 5) is 1.85. The largest absolute Gasteiger partial charge is 0.409 e. The van der Waals surface area contributed by atoms with E-state index in [2.05, 4.69) is 5.16 Å². The van der Waals surface area contributed by atoms with Crippen molar-refractivity contribution in [3.63, 3.8) is 0 Å². The molecule has 0 bridgehead atoms. The summed E-state index contributed by atoms with van der Waals surface area (Å²) in [5.74, 6) is 0.0799. The fraction of sp³-hybridized carbons (Fsp3) is 0.0714. The van der Waals surface area contributed by atoms with Crippen LogP contribution in [-0.2, 0) is 0 Å². The van der Waals surface area contributed by atoms with Gasteiger partial charge in [0.25, 0.3) is 0 Å². The van der Waals surface area contributed by atoms with Gasteiger partial charge < -0.3 is 10.9 Å². The maximum Gasteiger partial charge on any atom is 0.171 e. The Kier molecular flexibility index (Phi) is 4.81. The van der Waals surface area contributed by atoms with E-state index in [-0.39, 0.29) is 5.84 Å². The minimum atomic E-state index is 0.0799. The number of benzene rings is 2. The molecule has 104 valence electrons. The number of nitrogens with zero attached hydrogens (tertiary/aromatic N) is 1. The molecule has 0 atom stereocenters. The quantitative estimate of drug-likeness (QED) is 0.376. The first-order chi connectivity index (χ1) is 9.52. The molecule has 0 saturated heterocycles. The third-order valence-corrected chi connectivity index (χ3v) is 4.68. The van der Waals surface area contributed by atoms with Crippen LogP contribution in [0.1, 0.15) is 11.1 Å². The molecular weight excluding hydrogens is 315 g/mol. The third-order valence-electron chi connectivity index (χ3n) is 2.71. The van der Waals surface area contributed by atoms with Crippen molar-refractivity contribution >= 4 is 40.8 Å². The van der Waals surface area contributed by atoms with Crippen molar-refractivity contribution in [3.8, 4) is 0 Å². The maximum absolute atomic E-state index is 8.87. The Morgan fingerprint density at radius 2 is 1.95 bits per heavy atom. The average Bonchev–Trinajstić information content (AvgIpc) is 2.44. The highest BCUT2D eigenvalue weighted by Gasteiger charge is 2.12. The van der Waals surface area contributed by atoms with Crippen molar-refractivity contribution < 1.29 is 5.21 Å². The molecule has 0 unspecified atom stereocenters. The smallest absolute Gasteiger partial charge is 0.171 e. The fourth-order valence-corrected chi connectivity index (χ4v) is 3.12. The summed E-state index contributed by atoms with van der Waals surface area (Å²) in [5.41, 5.74) is 7.43. The molecule has 3 N–H and O–H groups in total. The van der Waals surface area contributed by atoms with Crippen LogP contribution in [0.4, 0.5) is 0 Å². The molecule has 2 aromatic carbocycles. The molecule has 2 rings (SSSR count). The highest BCUT2D eigenvalue weighted by atomic mass is 35.5. The second kappa shape index (κ2) is 6.39. The monoisotopic (exact) mass is 326 g/mol. The van der Waals surface area contributed by atoms with E-state index in [1.54, 1.807) is 12.1 Å². The molecule has 0 aliphatic rings. The van der Waals surface area contributed by atoms with E-state index in [4.69, 9.17) is 34.1 Å². The Bertz CT molecular complexity index is 674. The van der Waals surface area contributed by atoms with Crippen LogP contribution in [-0.4, -0.2) is 11.0 Å². The standard InChI is InChI=1S/C14H12Cl2N2OS/c1-8-3-2-4-10(14(17)18-19)13(8)20-9-5-6-11(15)12(16)7-9/h2-7,19H,1H3,(H2,17,18). The van der Waals surface area contributed by atoms with Gasteiger partial charge in [-0.1, -0.05) is 52.3 Å². The number of oxime groups is 1. The summed E-state index contributed by atoms with van der Waals surface area (Å²) in [7, 11) is 0. The number of rotatable bonds is 3. The Labute approximate surface area is 131 Å². The van der Waals surface area contributed by atoms with Crippen LogP contribution in [0.3, 0.4) is 0 Å². The molecule has 2 aromatic rings. The van der Waals surface area contributed by atoms with Gasteiger partial charge in [0.15, 0.2) is 5.84 Å². The number of nitrogens with two attached hydrogens (primary N) is 1. The van der Waals surface area contributed by atoms with Gasteiger partial charge in [-0.2, -0.15) is 0 Å². The van der Waals surface area contributed by atoms with E-state index >= 15 is 0 Å². The summed E-state index contributed by atoms with van der Waals surface area (Å²) in [6.45, 7) is 1.97. The summed E-state index contributed by atoms with van der Waals surface area (Å²) >= 11 is 13.4. The molecule has 0 aliphatic heterocycles. The van der Waals surface area contributed by atoms with E-state index in [0.29, 0.717) is 15.6 Å². The van der Waals surface area contributed by atoms with Gasteiger partial charge in [-0.25, -0.2) is 0 Å². The van der Waals surface area contributed by atoms with Gasteiger partial charge in [-0.05, 0) is 36.8 Å². The molecule has 0 aliphatic carbocycles. The number of hydrogen-bond acceptors (Lipinski definition) is 3. The highest BCUT2D eigenvalue weighted by Crippen LogP contribution is 2.36. The summed E-state index contributed by atoms with van der Waals surface area (Å²) in [5, 5.41) is 12.9. The van der Waals surface area contributed by atoms with Gasteiger partial charge in [-0.15, -0.1) is 0 Å². The minimum absolute atomic E-state index is 0.0799. The van der Waals surface area contributed by atoms with E-state index in [9.17, 15) is 0 Å². The summed E-state index contributed by atoms with van der Waals surface area (Å²) < 4.78 is 0. The average molecular weight is 327 g/mol. The lowest BCUT2D eigenvalue weighted by Gasteiger charge is -2.11. The predicted molar refractivity (Wildman–Crippen MR) is 84.3 cm³/mol. The molecule has 0 spiro atoms. The SMILES string of the molecule is Cc1cccc(/C(N)=N/O)c1Sc1ccc(Cl)c(Cl)c1. The maximum atomic E-state index is 8.87. The molecule has 0 amide bonds. The van der Waals surface area contributed by atoms with Gasteiger partial charge in [0.2, 0.25) is 0 Å². The van der Waals surface area contributed by atoms with Crippen molar-refractivity contribution in [2.45, 2.75) is 16.7 Å². The first kappa shape index (κ1) is 15.0. The zero-order chi connectivity index (χ0) is 14.7. The van der Waals surface area contributed by atoms with E-state index in [0.717, 1.165) is 15.4 Å². The van der Waals surface area contributed by atoms with Crippen LogP contribution in [0, 0.1) is 6.92 Å². The Morgan fingerprint density at radius 1 is 1.20 bits per heavy atom. The Hall–Kier alpha value is -1.36. The lowest BCUT2D eigenvalue weighted by Crippen LogP contribution is -2.14. The number of halogens is 2. The third kappa shape index (κ3) is 3.20. The summed E-state index contributed by atoms with van der Waals surface area (Å²) in [6.07, 6.45) is 0. The van der Waals surface area contributed by atoms with Crippen LogP contribution in [0.15, 0.2) is 51.3 Å². The van der Waals surface area contributed by atoms with Gasteiger partial charge in [-0.3, -0.25) is 0 Å². The van der Waals surface area contributed by atoms with Crippen LogP contribution in [0.5, 0.6) is 0 Å². The first-order valence-corrected chi connectivity index (χ1v) is 7.30. The van der Waals surface area contributed by atoms with Gasteiger partial charge in [0.1, 0.15) is 0 Å². The van der Waals surface area contributed by atoms with Crippen LogP contribution < -0.4 is 5.73 Å². The molecule has 0 heterocycles. The number of hydrogen-bond donors (Lipinski definition) is 2. The Morgan fingerprint density at radius 3 is 2.60 bits per heavy atom. The number of amidine groups is 1. The molecule has 0 aromatic heterocycles. The topological polar surface area (TPSA) is 58.6 Å². The zero-order valence-corrected chi connectivity index (χ0v) is 12.9. The fourth-order valence-electron chi connectivity index (χ4n) is 1.70. The van der Waals surface area contributed by atoms with Gasteiger partial charge in [0, 0.05) is 15.4 Å². The van der Waals surface area contributed by atoms with E-state index in [1.165, 1.54) is 11.8 Å². The molecule has 0 fully saturated rings. The predicted octanol–water partition coefficient (Wildman–Crippen LogP) is 4.55. The van der Waals surface area contributed by atoms with Crippen molar-refractivity contribution in [2.75, 3.05) is 0 Å². The summed E-state index contributed by atoms with van der Waals surface area (Å²) in [6, 6.07) is 11.0. The van der Waals surface area contributed by atoms with Gasteiger partial charge >= 0.3 is 0 Å². The van der Waals surface area contributed by atoms with Crippen LogP contribution in [0.25, 0.3) is 0 Å². The second-order valence-corrected chi connectivity index (χ2v) is 6.01. The van der Waals surface area contributed by atoms with Crippen molar-refractivity contribution in [2.24, 2.45) is 10.9 Å². The van der Waals surface area contributed by atoms with Crippen LogP contribution >= 0.6 is 35.0 Å². The van der Waals surface area contributed by atoms with Crippen molar-refractivity contribution in [1.82, 2.24) is 0 Å². The Balaban J connectivity index is 2.45. The van der Waals surface area contributed by atoms with Crippen molar-refractivity contribution in [3.05, 3.63) is 57.6 Å². The first-order valence-electron chi connectivity index (χ1n) is 5.73. The zero-order valence-electron chi connectivity index (χ0n) is 10.6. The van der Waals surface area contributed by atoms with Crippen molar-refractivity contribution in [1.29, 1.82) is 0 Å². The second-order valence-electron chi connectivity index (χ2n) is 4.11. The molecule has 0 saturated carbocycles. The van der Waals surface area contributed by atoms with E-state index < -0.39 is 0 Å². The highest BCUT2D eigenvalue weighted by molar-refractivity contribution is 7.99. The molecule has 20 heavy (non-hydrogen) atoms. The number of aryl methyl sites for hydroxylation is 1. The molecular formula is C14H12Cl2N2OS. The molecule has 3 nitrogen and oxygen atoms in total. The lowest BCUT2D eigenvalue weighted by atomic mass is 10.1.